The SMILES string of the molecule is CC[C@@H](C)NC(=O)[C@@H](CC)N(CCc1ccccc1)C(=O)CN(c1ccc([N+](=O)[O-])cc1)S(=O)(=O)c1ccccc1. The summed E-state index contributed by atoms with van der Waals surface area (Å²) in [7, 11) is -4.24. The largest absolute Gasteiger partial charge is 0.352 e. The summed E-state index contributed by atoms with van der Waals surface area (Å²) in [6.45, 7) is 5.22. The van der Waals surface area contributed by atoms with Crippen molar-refractivity contribution in [3.63, 3.8) is 0 Å². The van der Waals surface area contributed by atoms with Crippen molar-refractivity contribution in [2.75, 3.05) is 17.4 Å². The summed E-state index contributed by atoms with van der Waals surface area (Å²) in [5, 5.41) is 14.1. The van der Waals surface area contributed by atoms with Gasteiger partial charge in [-0.25, -0.2) is 8.42 Å². The maximum atomic E-state index is 14.0. The van der Waals surface area contributed by atoms with E-state index in [1.807, 2.05) is 44.2 Å². The Morgan fingerprint density at radius 2 is 1.49 bits per heavy atom. The average Bonchev–Trinajstić information content (AvgIpc) is 2.98. The molecule has 2 atom stereocenters. The molecule has 0 saturated carbocycles. The first-order chi connectivity index (χ1) is 19.6. The number of carbonyl (C=O) groups is 2. The fraction of sp³-hybridized carbons (Fsp3) is 0.333. The van der Waals surface area contributed by atoms with Crippen molar-refractivity contribution in [3.05, 3.63) is 101 Å². The predicted molar refractivity (Wildman–Crippen MR) is 158 cm³/mol. The van der Waals surface area contributed by atoms with E-state index >= 15 is 0 Å². The van der Waals surface area contributed by atoms with E-state index in [9.17, 15) is 28.1 Å². The summed E-state index contributed by atoms with van der Waals surface area (Å²) in [4.78, 5) is 39.3. The number of hydrogen-bond acceptors (Lipinski definition) is 6. The highest BCUT2D eigenvalue weighted by molar-refractivity contribution is 7.92. The molecular formula is C30H36N4O6S. The van der Waals surface area contributed by atoms with Crippen LogP contribution >= 0.6 is 0 Å². The van der Waals surface area contributed by atoms with Gasteiger partial charge in [-0.1, -0.05) is 62.4 Å². The van der Waals surface area contributed by atoms with Gasteiger partial charge in [0.2, 0.25) is 11.8 Å². The van der Waals surface area contributed by atoms with E-state index in [1.54, 1.807) is 25.1 Å². The molecule has 3 rings (SSSR count). The number of anilines is 1. The lowest BCUT2D eigenvalue weighted by atomic mass is 10.1. The Kier molecular flexibility index (Phi) is 11.0. The number of sulfonamides is 1. The Morgan fingerprint density at radius 3 is 2.02 bits per heavy atom. The Balaban J connectivity index is 2.01. The van der Waals surface area contributed by atoms with Gasteiger partial charge in [0, 0.05) is 24.7 Å². The molecule has 0 aliphatic carbocycles. The summed E-state index contributed by atoms with van der Waals surface area (Å²) >= 11 is 0. The topological polar surface area (TPSA) is 130 Å². The van der Waals surface area contributed by atoms with Crippen LogP contribution in [0.15, 0.2) is 89.8 Å². The zero-order chi connectivity index (χ0) is 30.0. The second-order valence-corrected chi connectivity index (χ2v) is 11.5. The van der Waals surface area contributed by atoms with Gasteiger partial charge in [-0.15, -0.1) is 0 Å². The second kappa shape index (κ2) is 14.4. The molecule has 41 heavy (non-hydrogen) atoms. The summed E-state index contributed by atoms with van der Waals surface area (Å²) in [6, 6.07) is 21.2. The molecule has 0 fully saturated rings. The van der Waals surface area contributed by atoms with Gasteiger partial charge < -0.3 is 10.2 Å². The van der Waals surface area contributed by atoms with Crippen LogP contribution in [-0.4, -0.2) is 55.2 Å². The van der Waals surface area contributed by atoms with E-state index in [4.69, 9.17) is 0 Å². The van der Waals surface area contributed by atoms with Crippen LogP contribution in [0.1, 0.15) is 39.2 Å². The first kappa shape index (κ1) is 31.3. The molecule has 1 N–H and O–H groups in total. The van der Waals surface area contributed by atoms with Crippen molar-refractivity contribution >= 4 is 33.2 Å². The Hall–Kier alpha value is -4.25. The van der Waals surface area contributed by atoms with Crippen molar-refractivity contribution in [3.8, 4) is 0 Å². The van der Waals surface area contributed by atoms with E-state index in [-0.39, 0.29) is 34.8 Å². The molecule has 2 amide bonds. The van der Waals surface area contributed by atoms with Gasteiger partial charge in [0.25, 0.3) is 15.7 Å². The Morgan fingerprint density at radius 1 is 0.902 bits per heavy atom. The quantitative estimate of drug-likeness (QED) is 0.220. The number of non-ortho nitro benzene ring substituents is 1. The number of rotatable bonds is 14. The monoisotopic (exact) mass is 580 g/mol. The average molecular weight is 581 g/mol. The van der Waals surface area contributed by atoms with Gasteiger partial charge in [-0.2, -0.15) is 0 Å². The standard InChI is InChI=1S/C30H36N4O6S/c1-4-23(3)31-30(36)28(5-2)32(21-20-24-12-8-6-9-13-24)29(35)22-33(25-16-18-26(19-17-25)34(37)38)41(39,40)27-14-10-7-11-15-27/h6-19,23,28H,4-5,20-22H2,1-3H3,(H,31,36)/t23-,28-/m1/s1. The van der Waals surface area contributed by atoms with E-state index in [2.05, 4.69) is 5.32 Å². The Bertz CT molecular complexity index is 1420. The smallest absolute Gasteiger partial charge is 0.269 e. The Labute approximate surface area is 241 Å². The lowest BCUT2D eigenvalue weighted by Crippen LogP contribution is -2.54. The van der Waals surface area contributed by atoms with Crippen molar-refractivity contribution in [1.82, 2.24) is 10.2 Å². The number of carbonyl (C=O) groups excluding carboxylic acids is 2. The minimum atomic E-state index is -4.24. The molecule has 0 saturated heterocycles. The summed E-state index contributed by atoms with van der Waals surface area (Å²) < 4.78 is 28.5. The zero-order valence-corrected chi connectivity index (χ0v) is 24.3. The second-order valence-electron chi connectivity index (χ2n) is 9.66. The van der Waals surface area contributed by atoms with Crippen molar-refractivity contribution in [2.45, 2.75) is 57.0 Å². The number of nitro benzene ring substituents is 1. The molecule has 218 valence electrons. The molecule has 0 bridgehead atoms. The molecular weight excluding hydrogens is 544 g/mol. The number of hydrogen-bond donors (Lipinski definition) is 1. The van der Waals surface area contributed by atoms with Crippen LogP contribution in [-0.2, 0) is 26.0 Å². The van der Waals surface area contributed by atoms with Gasteiger partial charge in [0.05, 0.1) is 15.5 Å². The molecule has 0 unspecified atom stereocenters. The maximum Gasteiger partial charge on any atom is 0.269 e. The highest BCUT2D eigenvalue weighted by Gasteiger charge is 2.33. The highest BCUT2D eigenvalue weighted by Crippen LogP contribution is 2.26. The fourth-order valence-electron chi connectivity index (χ4n) is 4.33. The predicted octanol–water partition coefficient (Wildman–Crippen LogP) is 4.55. The van der Waals surface area contributed by atoms with E-state index in [0.29, 0.717) is 19.3 Å². The minimum absolute atomic E-state index is 0.0384. The first-order valence-corrected chi connectivity index (χ1v) is 15.0. The van der Waals surface area contributed by atoms with E-state index < -0.39 is 33.4 Å². The number of nitrogens with one attached hydrogen (secondary N) is 1. The third-order valence-corrected chi connectivity index (χ3v) is 8.62. The van der Waals surface area contributed by atoms with E-state index in [1.165, 1.54) is 41.3 Å². The fourth-order valence-corrected chi connectivity index (χ4v) is 5.76. The molecule has 3 aromatic rings. The van der Waals surface area contributed by atoms with Crippen LogP contribution in [0, 0.1) is 10.1 Å². The third-order valence-electron chi connectivity index (χ3n) is 6.83. The number of nitro groups is 1. The number of amides is 2. The summed E-state index contributed by atoms with van der Waals surface area (Å²) in [5.41, 5.74) is 0.842. The lowest BCUT2D eigenvalue weighted by molar-refractivity contribution is -0.384. The molecule has 0 spiro atoms. The van der Waals surface area contributed by atoms with E-state index in [0.717, 1.165) is 9.87 Å². The van der Waals surface area contributed by atoms with Crippen LogP contribution in [0.5, 0.6) is 0 Å². The van der Waals surface area contributed by atoms with Gasteiger partial charge >= 0.3 is 0 Å². The first-order valence-electron chi connectivity index (χ1n) is 13.5. The molecule has 0 aliphatic heterocycles. The lowest BCUT2D eigenvalue weighted by Gasteiger charge is -2.33. The van der Waals surface area contributed by atoms with Crippen molar-refractivity contribution in [1.29, 1.82) is 0 Å². The van der Waals surface area contributed by atoms with Gasteiger partial charge in [-0.05, 0) is 56.0 Å². The molecule has 11 heteroatoms. The number of benzene rings is 3. The molecule has 10 nitrogen and oxygen atoms in total. The van der Waals surface area contributed by atoms with Crippen molar-refractivity contribution < 1.29 is 22.9 Å². The molecule has 0 radical (unpaired) electrons. The highest BCUT2D eigenvalue weighted by atomic mass is 32.2. The maximum absolute atomic E-state index is 14.0. The number of nitrogens with zero attached hydrogens (tertiary/aromatic N) is 3. The molecule has 0 heterocycles. The molecule has 0 aromatic heterocycles. The molecule has 0 aliphatic rings. The summed E-state index contributed by atoms with van der Waals surface area (Å²) in [5.74, 6) is -0.874. The van der Waals surface area contributed by atoms with Gasteiger partial charge in [0.1, 0.15) is 12.6 Å². The molecule has 3 aromatic carbocycles. The van der Waals surface area contributed by atoms with Crippen LogP contribution in [0.25, 0.3) is 0 Å². The van der Waals surface area contributed by atoms with Crippen LogP contribution in [0.2, 0.25) is 0 Å². The zero-order valence-electron chi connectivity index (χ0n) is 23.5. The minimum Gasteiger partial charge on any atom is -0.352 e. The van der Waals surface area contributed by atoms with Crippen LogP contribution in [0.4, 0.5) is 11.4 Å². The van der Waals surface area contributed by atoms with Crippen molar-refractivity contribution in [2.24, 2.45) is 0 Å². The third kappa shape index (κ3) is 8.14. The van der Waals surface area contributed by atoms with Gasteiger partial charge in [-0.3, -0.25) is 24.0 Å². The van der Waals surface area contributed by atoms with Gasteiger partial charge in [0.15, 0.2) is 0 Å². The van der Waals surface area contributed by atoms with Crippen LogP contribution in [0.3, 0.4) is 0 Å². The summed E-state index contributed by atoms with van der Waals surface area (Å²) in [6.07, 6.45) is 1.50. The normalized spacial score (nSPS) is 12.7. The van der Waals surface area contributed by atoms with Crippen LogP contribution < -0.4 is 9.62 Å².